The van der Waals surface area contributed by atoms with Crippen molar-refractivity contribution < 1.29 is 4.79 Å². The van der Waals surface area contributed by atoms with Crippen LogP contribution in [-0.2, 0) is 4.79 Å². The van der Waals surface area contributed by atoms with Crippen molar-refractivity contribution in [3.05, 3.63) is 35.9 Å². The van der Waals surface area contributed by atoms with E-state index >= 15 is 0 Å². The summed E-state index contributed by atoms with van der Waals surface area (Å²) in [5.41, 5.74) is 1.25. The average molecular weight is 215 g/mol. The molecule has 2 fully saturated rings. The van der Waals surface area contributed by atoms with E-state index in [-0.39, 0.29) is 6.04 Å². The predicted octanol–water partition coefficient (Wildman–Crippen LogP) is 2.62. The van der Waals surface area contributed by atoms with Crippen molar-refractivity contribution >= 4 is 5.91 Å². The Bertz CT molecular complexity index is 400. The largest absolute Gasteiger partial charge is 0.335 e. The number of hydrogen-bond acceptors (Lipinski definition) is 1. The summed E-state index contributed by atoms with van der Waals surface area (Å²) in [6.45, 7) is 3.11. The van der Waals surface area contributed by atoms with Crippen LogP contribution < -0.4 is 0 Å². The van der Waals surface area contributed by atoms with Crippen LogP contribution in [0.15, 0.2) is 30.3 Å². The lowest BCUT2D eigenvalue weighted by Gasteiger charge is -2.25. The second-order valence-electron chi connectivity index (χ2n) is 5.02. The molecule has 1 aliphatic carbocycles. The molecule has 0 unspecified atom stereocenters. The first-order valence-corrected chi connectivity index (χ1v) is 6.13. The number of hydrogen-bond donors (Lipinski definition) is 0. The van der Waals surface area contributed by atoms with E-state index < -0.39 is 0 Å². The molecule has 1 saturated carbocycles. The van der Waals surface area contributed by atoms with Crippen LogP contribution in [-0.4, -0.2) is 17.4 Å². The fraction of sp³-hybridized carbons (Fsp3) is 0.500. The second-order valence-corrected chi connectivity index (χ2v) is 5.02. The van der Waals surface area contributed by atoms with Crippen molar-refractivity contribution in [1.82, 2.24) is 4.90 Å². The van der Waals surface area contributed by atoms with Gasteiger partial charge in [-0.2, -0.15) is 0 Å². The molecule has 16 heavy (non-hydrogen) atoms. The molecule has 2 aliphatic rings. The summed E-state index contributed by atoms with van der Waals surface area (Å²) in [4.78, 5) is 14.2. The van der Waals surface area contributed by atoms with Gasteiger partial charge in [-0.15, -0.1) is 0 Å². The number of rotatable bonds is 2. The van der Waals surface area contributed by atoms with Crippen LogP contribution in [0.3, 0.4) is 0 Å². The number of benzene rings is 1. The maximum atomic E-state index is 12.1. The first-order chi connectivity index (χ1) is 7.77. The van der Waals surface area contributed by atoms with E-state index in [0.717, 1.165) is 13.0 Å². The van der Waals surface area contributed by atoms with E-state index in [9.17, 15) is 4.79 Å². The van der Waals surface area contributed by atoms with Gasteiger partial charge in [0.1, 0.15) is 0 Å². The Morgan fingerprint density at radius 1 is 1.25 bits per heavy atom. The fourth-order valence-electron chi connectivity index (χ4n) is 2.93. The SMILES string of the molecule is C[C@H](c1ccccc1)N1C[C@H]2CC[C@H]2C1=O. The molecule has 84 valence electrons. The lowest BCUT2D eigenvalue weighted by atomic mass is 9.76. The topological polar surface area (TPSA) is 20.3 Å². The van der Waals surface area contributed by atoms with Gasteiger partial charge in [-0.1, -0.05) is 30.3 Å². The number of fused-ring (bicyclic) bond motifs is 1. The Hall–Kier alpha value is -1.31. The highest BCUT2D eigenvalue weighted by atomic mass is 16.2. The molecule has 1 heterocycles. The predicted molar refractivity (Wildman–Crippen MR) is 62.8 cm³/mol. The summed E-state index contributed by atoms with van der Waals surface area (Å²) >= 11 is 0. The maximum absolute atomic E-state index is 12.1. The van der Waals surface area contributed by atoms with Gasteiger partial charge in [-0.3, -0.25) is 4.79 Å². The van der Waals surface area contributed by atoms with Crippen molar-refractivity contribution in [3.63, 3.8) is 0 Å². The summed E-state index contributed by atoms with van der Waals surface area (Å²) in [7, 11) is 0. The molecular weight excluding hydrogens is 198 g/mol. The van der Waals surface area contributed by atoms with Crippen molar-refractivity contribution in [1.29, 1.82) is 0 Å². The molecule has 1 aliphatic heterocycles. The van der Waals surface area contributed by atoms with Gasteiger partial charge in [0.05, 0.1) is 6.04 Å². The van der Waals surface area contributed by atoms with Gasteiger partial charge >= 0.3 is 0 Å². The smallest absolute Gasteiger partial charge is 0.226 e. The molecule has 0 bridgehead atoms. The normalized spacial score (nSPS) is 29.8. The van der Waals surface area contributed by atoms with E-state index in [1.807, 2.05) is 18.2 Å². The molecule has 3 rings (SSSR count). The van der Waals surface area contributed by atoms with Crippen molar-refractivity contribution in [2.24, 2.45) is 11.8 Å². The third-order valence-electron chi connectivity index (χ3n) is 4.20. The van der Waals surface area contributed by atoms with E-state index in [1.165, 1.54) is 12.0 Å². The zero-order chi connectivity index (χ0) is 11.1. The quantitative estimate of drug-likeness (QED) is 0.742. The molecule has 1 amide bonds. The molecule has 0 spiro atoms. The summed E-state index contributed by atoms with van der Waals surface area (Å²) in [6.07, 6.45) is 2.36. The number of carbonyl (C=O) groups excluding carboxylic acids is 1. The van der Waals surface area contributed by atoms with Gasteiger partial charge in [-0.05, 0) is 31.2 Å². The van der Waals surface area contributed by atoms with E-state index in [2.05, 4.69) is 24.0 Å². The van der Waals surface area contributed by atoms with Crippen molar-refractivity contribution in [2.45, 2.75) is 25.8 Å². The molecule has 1 saturated heterocycles. The highest BCUT2D eigenvalue weighted by Gasteiger charge is 2.47. The number of carbonyl (C=O) groups is 1. The zero-order valence-corrected chi connectivity index (χ0v) is 9.60. The van der Waals surface area contributed by atoms with Crippen LogP contribution in [0.1, 0.15) is 31.4 Å². The second kappa shape index (κ2) is 3.62. The zero-order valence-electron chi connectivity index (χ0n) is 9.60. The lowest BCUT2D eigenvalue weighted by Crippen LogP contribution is -2.30. The van der Waals surface area contributed by atoms with Gasteiger partial charge in [0.25, 0.3) is 0 Å². The van der Waals surface area contributed by atoms with Crippen LogP contribution in [0, 0.1) is 11.8 Å². The first kappa shape index (κ1) is 9.88. The molecule has 0 radical (unpaired) electrons. The van der Waals surface area contributed by atoms with Gasteiger partial charge in [0.2, 0.25) is 5.91 Å². The summed E-state index contributed by atoms with van der Waals surface area (Å²) in [5.74, 6) is 1.39. The molecule has 0 N–H and O–H groups in total. The minimum atomic E-state index is 0.235. The van der Waals surface area contributed by atoms with Gasteiger partial charge in [0.15, 0.2) is 0 Å². The van der Waals surface area contributed by atoms with Crippen LogP contribution in [0.2, 0.25) is 0 Å². The van der Waals surface area contributed by atoms with Crippen LogP contribution in [0.4, 0.5) is 0 Å². The Labute approximate surface area is 96.3 Å². The summed E-state index contributed by atoms with van der Waals surface area (Å²) in [6, 6.07) is 10.6. The number of amides is 1. The Morgan fingerprint density at radius 3 is 2.50 bits per heavy atom. The minimum absolute atomic E-state index is 0.235. The molecule has 0 aromatic heterocycles. The van der Waals surface area contributed by atoms with E-state index in [0.29, 0.717) is 17.7 Å². The van der Waals surface area contributed by atoms with Crippen LogP contribution in [0.25, 0.3) is 0 Å². The Kier molecular flexibility index (Phi) is 2.23. The van der Waals surface area contributed by atoms with Crippen LogP contribution in [0.5, 0.6) is 0 Å². The first-order valence-electron chi connectivity index (χ1n) is 6.13. The molecule has 2 nitrogen and oxygen atoms in total. The molecule has 1 aromatic carbocycles. The highest BCUT2D eigenvalue weighted by molar-refractivity contribution is 5.82. The molecule has 1 aromatic rings. The summed E-state index contributed by atoms with van der Waals surface area (Å²) < 4.78 is 0. The lowest BCUT2D eigenvalue weighted by molar-refractivity contribution is -0.134. The number of likely N-dealkylation sites (tertiary alicyclic amines) is 1. The van der Waals surface area contributed by atoms with E-state index in [1.54, 1.807) is 0 Å². The van der Waals surface area contributed by atoms with Crippen LogP contribution >= 0.6 is 0 Å². The Balaban J connectivity index is 1.81. The Morgan fingerprint density at radius 2 is 2.00 bits per heavy atom. The highest BCUT2D eigenvalue weighted by Crippen LogP contribution is 2.44. The van der Waals surface area contributed by atoms with Gasteiger partial charge < -0.3 is 4.90 Å². The monoisotopic (exact) mass is 215 g/mol. The minimum Gasteiger partial charge on any atom is -0.335 e. The van der Waals surface area contributed by atoms with Crippen molar-refractivity contribution in [2.75, 3.05) is 6.54 Å². The molecule has 2 heteroatoms. The van der Waals surface area contributed by atoms with Crippen molar-refractivity contribution in [3.8, 4) is 0 Å². The summed E-state index contributed by atoms with van der Waals surface area (Å²) in [5, 5.41) is 0. The molecular formula is C14H17NO. The third-order valence-corrected chi connectivity index (χ3v) is 4.20. The third kappa shape index (κ3) is 1.36. The van der Waals surface area contributed by atoms with Gasteiger partial charge in [-0.25, -0.2) is 0 Å². The van der Waals surface area contributed by atoms with E-state index in [4.69, 9.17) is 0 Å². The maximum Gasteiger partial charge on any atom is 0.226 e. The standard InChI is InChI=1S/C14H17NO/c1-10(11-5-3-2-4-6-11)15-9-12-7-8-13(12)14(15)16/h2-6,10,12-13H,7-9H2,1H3/t10-,12-,13-/m1/s1. The number of nitrogens with zero attached hydrogens (tertiary/aromatic N) is 1. The van der Waals surface area contributed by atoms with Gasteiger partial charge in [0, 0.05) is 12.5 Å². The average Bonchev–Trinajstić information content (AvgIpc) is 2.49. The molecule has 3 atom stereocenters. The fourth-order valence-corrected chi connectivity index (χ4v) is 2.93.